The van der Waals surface area contributed by atoms with Crippen LogP contribution in [0.2, 0.25) is 0 Å². The molecule has 0 aromatic rings. The van der Waals surface area contributed by atoms with Crippen LogP contribution < -0.4 is 5.43 Å². The third-order valence-corrected chi connectivity index (χ3v) is 1.58. The van der Waals surface area contributed by atoms with Crippen LogP contribution in [0, 0.1) is 6.61 Å². The zero-order valence-electron chi connectivity index (χ0n) is 5.08. The van der Waals surface area contributed by atoms with E-state index in [1.165, 1.54) is 0 Å². The molecule has 0 bridgehead atoms. The average Bonchev–Trinajstić information content (AvgIpc) is 2.33. The minimum Gasteiger partial charge on any atom is -0.372 e. The molecule has 1 atom stereocenters. The highest BCUT2D eigenvalue weighted by atomic mass is 16.5. The molecule has 49 valence electrons. The van der Waals surface area contributed by atoms with E-state index in [1.54, 1.807) is 0 Å². The summed E-state index contributed by atoms with van der Waals surface area (Å²) in [6.45, 7) is 3.61. The first-order valence-electron chi connectivity index (χ1n) is 3.11. The van der Waals surface area contributed by atoms with Crippen LogP contribution in [0.1, 0.15) is 0 Å². The molecular weight excluding hydrogens is 116 g/mol. The molecule has 0 aromatic carbocycles. The molecule has 0 spiro atoms. The quantitative estimate of drug-likeness (QED) is 0.488. The van der Waals surface area contributed by atoms with Crippen LogP contribution in [-0.4, -0.2) is 24.2 Å². The molecule has 0 aromatic heterocycles. The second kappa shape index (κ2) is 2.01. The number of hydrogen-bond acceptors (Lipinski definition) is 3. The highest BCUT2D eigenvalue weighted by Crippen LogP contribution is 2.12. The Morgan fingerprint density at radius 3 is 3.56 bits per heavy atom. The molecule has 0 aliphatic carbocycles. The summed E-state index contributed by atoms with van der Waals surface area (Å²) < 4.78 is 5.13. The van der Waals surface area contributed by atoms with E-state index in [1.807, 2.05) is 12.8 Å². The van der Waals surface area contributed by atoms with Gasteiger partial charge in [-0.25, -0.2) is 5.01 Å². The van der Waals surface area contributed by atoms with E-state index in [0.29, 0.717) is 6.04 Å². The fourth-order valence-electron chi connectivity index (χ4n) is 1.08. The maximum atomic E-state index is 5.13. The summed E-state index contributed by atoms with van der Waals surface area (Å²) in [5.41, 5.74) is 3.10. The Balaban J connectivity index is 2.03. The normalized spacial score (nSPS) is 34.0. The zero-order valence-corrected chi connectivity index (χ0v) is 5.08. The van der Waals surface area contributed by atoms with Gasteiger partial charge in [0.15, 0.2) is 0 Å². The van der Waals surface area contributed by atoms with Gasteiger partial charge in [-0.3, -0.25) is 0 Å². The number of morpholine rings is 1. The van der Waals surface area contributed by atoms with Crippen LogP contribution in [0.4, 0.5) is 0 Å². The SMILES string of the molecule is [CH]1OCCN2NC=CC12. The van der Waals surface area contributed by atoms with Gasteiger partial charge in [-0.1, -0.05) is 0 Å². The maximum absolute atomic E-state index is 5.13. The van der Waals surface area contributed by atoms with Gasteiger partial charge in [0.05, 0.1) is 12.6 Å². The van der Waals surface area contributed by atoms with E-state index in [2.05, 4.69) is 16.5 Å². The van der Waals surface area contributed by atoms with E-state index < -0.39 is 0 Å². The molecule has 2 rings (SSSR count). The Morgan fingerprint density at radius 2 is 2.67 bits per heavy atom. The van der Waals surface area contributed by atoms with E-state index in [0.717, 1.165) is 13.2 Å². The van der Waals surface area contributed by atoms with E-state index in [4.69, 9.17) is 4.74 Å². The predicted molar refractivity (Wildman–Crippen MR) is 33.0 cm³/mol. The first-order valence-corrected chi connectivity index (χ1v) is 3.11. The van der Waals surface area contributed by atoms with Gasteiger partial charge in [0, 0.05) is 12.7 Å². The fraction of sp³-hybridized carbons (Fsp3) is 0.500. The van der Waals surface area contributed by atoms with Gasteiger partial charge in [0.25, 0.3) is 0 Å². The van der Waals surface area contributed by atoms with E-state index in [-0.39, 0.29) is 0 Å². The maximum Gasteiger partial charge on any atom is 0.107 e. The minimum absolute atomic E-state index is 0.360. The molecule has 1 saturated heterocycles. The topological polar surface area (TPSA) is 24.5 Å². The third kappa shape index (κ3) is 0.821. The molecule has 9 heavy (non-hydrogen) atoms. The number of nitrogens with zero attached hydrogens (tertiary/aromatic N) is 1. The lowest BCUT2D eigenvalue weighted by Crippen LogP contribution is -2.43. The Labute approximate surface area is 54.3 Å². The average molecular weight is 125 g/mol. The summed E-state index contributed by atoms with van der Waals surface area (Å²) in [6.07, 6.45) is 4.01. The third-order valence-electron chi connectivity index (χ3n) is 1.58. The second-order valence-electron chi connectivity index (χ2n) is 2.18. The van der Waals surface area contributed by atoms with Crippen LogP contribution in [0.25, 0.3) is 0 Å². The Hall–Kier alpha value is -0.540. The van der Waals surface area contributed by atoms with Crippen molar-refractivity contribution in [3.63, 3.8) is 0 Å². The zero-order chi connectivity index (χ0) is 6.10. The van der Waals surface area contributed by atoms with Crippen molar-refractivity contribution in [1.29, 1.82) is 0 Å². The fourth-order valence-corrected chi connectivity index (χ4v) is 1.08. The van der Waals surface area contributed by atoms with E-state index >= 15 is 0 Å². The lowest BCUT2D eigenvalue weighted by atomic mass is 10.3. The summed E-state index contributed by atoms with van der Waals surface area (Å²) in [4.78, 5) is 0. The number of ether oxygens (including phenoxy) is 1. The van der Waals surface area contributed by atoms with Crippen molar-refractivity contribution in [1.82, 2.24) is 10.4 Å². The van der Waals surface area contributed by atoms with Crippen LogP contribution in [0.15, 0.2) is 12.3 Å². The van der Waals surface area contributed by atoms with Gasteiger partial charge in [-0.05, 0) is 6.08 Å². The lowest BCUT2D eigenvalue weighted by molar-refractivity contribution is 0.0465. The summed E-state index contributed by atoms with van der Waals surface area (Å²) >= 11 is 0. The Bertz CT molecular complexity index is 135. The van der Waals surface area contributed by atoms with Crippen LogP contribution in [0.5, 0.6) is 0 Å². The molecule has 1 N–H and O–H groups in total. The van der Waals surface area contributed by atoms with Crippen molar-refractivity contribution < 1.29 is 4.74 Å². The van der Waals surface area contributed by atoms with Gasteiger partial charge in [0.1, 0.15) is 6.61 Å². The molecule has 0 saturated carbocycles. The van der Waals surface area contributed by atoms with Crippen LogP contribution in [-0.2, 0) is 4.74 Å². The highest BCUT2D eigenvalue weighted by molar-refractivity contribution is 5.04. The molecule has 2 aliphatic rings. The van der Waals surface area contributed by atoms with Gasteiger partial charge in [-0.15, -0.1) is 0 Å². The molecule has 3 nitrogen and oxygen atoms in total. The first kappa shape index (κ1) is 5.26. The lowest BCUT2D eigenvalue weighted by Gasteiger charge is -2.27. The molecule has 0 amide bonds. The first-order chi connectivity index (χ1) is 4.47. The molecule has 1 unspecified atom stereocenters. The van der Waals surface area contributed by atoms with Crippen molar-refractivity contribution in [2.45, 2.75) is 6.04 Å². The highest BCUT2D eigenvalue weighted by Gasteiger charge is 2.23. The largest absolute Gasteiger partial charge is 0.372 e. The van der Waals surface area contributed by atoms with Gasteiger partial charge >= 0.3 is 0 Å². The Morgan fingerprint density at radius 1 is 1.67 bits per heavy atom. The summed E-state index contributed by atoms with van der Waals surface area (Å²) in [6, 6.07) is 0.360. The molecule has 3 heteroatoms. The van der Waals surface area contributed by atoms with Crippen molar-refractivity contribution in [2.75, 3.05) is 13.2 Å². The molecule has 1 fully saturated rings. The number of hydrogen-bond donors (Lipinski definition) is 1. The molecule has 1 radical (unpaired) electrons. The van der Waals surface area contributed by atoms with Crippen molar-refractivity contribution in [3.8, 4) is 0 Å². The van der Waals surface area contributed by atoms with Crippen molar-refractivity contribution in [2.24, 2.45) is 0 Å². The monoisotopic (exact) mass is 125 g/mol. The minimum atomic E-state index is 0.360. The summed E-state index contributed by atoms with van der Waals surface area (Å²) in [5.74, 6) is 0. The Kier molecular flexibility index (Phi) is 1.17. The van der Waals surface area contributed by atoms with Gasteiger partial charge < -0.3 is 10.2 Å². The van der Waals surface area contributed by atoms with E-state index in [9.17, 15) is 0 Å². The van der Waals surface area contributed by atoms with Crippen molar-refractivity contribution in [3.05, 3.63) is 18.9 Å². The number of hydrazine groups is 1. The van der Waals surface area contributed by atoms with Gasteiger partial charge in [-0.2, -0.15) is 0 Å². The number of rotatable bonds is 0. The smallest absolute Gasteiger partial charge is 0.107 e. The summed E-state index contributed by atoms with van der Waals surface area (Å²) in [5, 5.41) is 2.13. The van der Waals surface area contributed by atoms with Crippen LogP contribution >= 0.6 is 0 Å². The number of fused-ring (bicyclic) bond motifs is 1. The molecule has 2 aliphatic heterocycles. The van der Waals surface area contributed by atoms with Gasteiger partial charge in [0.2, 0.25) is 0 Å². The second-order valence-corrected chi connectivity index (χ2v) is 2.18. The summed E-state index contributed by atoms with van der Waals surface area (Å²) in [7, 11) is 0. The van der Waals surface area contributed by atoms with Crippen LogP contribution in [0.3, 0.4) is 0 Å². The predicted octanol–water partition coefficient (Wildman–Crippen LogP) is -0.119. The van der Waals surface area contributed by atoms with Crippen molar-refractivity contribution >= 4 is 0 Å². The molecule has 2 heterocycles. The standard InChI is InChI=1S/C6H9N2O/c1-2-7-8-3-4-9-5-6(1)8/h1-2,5-7H,3-4H2. The molecular formula is C6H9N2O. The number of nitrogens with one attached hydrogen (secondary N) is 1.